The molecule has 1 aromatic carbocycles. The second kappa shape index (κ2) is 6.07. The molecule has 23 heavy (non-hydrogen) atoms. The lowest BCUT2D eigenvalue weighted by atomic mass is 10.0. The Morgan fingerprint density at radius 3 is 2.96 bits per heavy atom. The van der Waals surface area contributed by atoms with E-state index in [1.807, 2.05) is 17.0 Å². The minimum atomic E-state index is -1.08. The molecule has 0 bridgehead atoms. The number of piperidine rings is 1. The molecule has 2 N–H and O–H groups in total. The number of carboxylic acid groups (broad SMARTS) is 1. The Morgan fingerprint density at radius 2 is 2.22 bits per heavy atom. The van der Waals surface area contributed by atoms with Crippen LogP contribution in [-0.4, -0.2) is 40.2 Å². The quantitative estimate of drug-likeness (QED) is 0.664. The van der Waals surface area contributed by atoms with Crippen LogP contribution in [0.2, 0.25) is 0 Å². The van der Waals surface area contributed by atoms with Crippen molar-refractivity contribution in [2.24, 2.45) is 0 Å². The Labute approximate surface area is 131 Å². The molecular weight excluding hydrogens is 300 g/mol. The van der Waals surface area contributed by atoms with Crippen molar-refractivity contribution >= 4 is 28.4 Å². The number of hydrogen-bond acceptors (Lipinski definition) is 5. The number of amides is 1. The third-order valence-electron chi connectivity index (χ3n) is 3.99. The lowest BCUT2D eigenvalue weighted by Gasteiger charge is -2.34. The van der Waals surface area contributed by atoms with Gasteiger partial charge < -0.3 is 15.3 Å². The number of fused-ring (bicyclic) bond motifs is 1. The Morgan fingerprint density at radius 1 is 1.43 bits per heavy atom. The number of nitro groups is 1. The Kier molecular flexibility index (Phi) is 3.96. The first-order chi connectivity index (χ1) is 11.1. The molecule has 2 heterocycles. The van der Waals surface area contributed by atoms with E-state index in [1.54, 1.807) is 12.1 Å². The normalized spacial score (nSPS) is 17.9. The monoisotopic (exact) mass is 316 g/mol. The number of benzene rings is 1. The second-order valence-corrected chi connectivity index (χ2v) is 5.50. The first kappa shape index (κ1) is 15.0. The zero-order valence-electron chi connectivity index (χ0n) is 12.3. The van der Waals surface area contributed by atoms with E-state index >= 15 is 0 Å². The summed E-state index contributed by atoms with van der Waals surface area (Å²) in [5.74, 6) is 0. The summed E-state index contributed by atoms with van der Waals surface area (Å²) in [5, 5.41) is 23.5. The summed E-state index contributed by atoms with van der Waals surface area (Å²) in [4.78, 5) is 27.8. The predicted molar refractivity (Wildman–Crippen MR) is 84.8 cm³/mol. The summed E-state index contributed by atoms with van der Waals surface area (Å²) in [6, 6.07) is 7.01. The molecule has 1 aliphatic rings. The average Bonchev–Trinajstić information content (AvgIpc) is 2.53. The third kappa shape index (κ3) is 3.01. The standard InChI is InChI=1S/C15H16N4O4/c20-15(21)17-10-4-3-7-18(9-10)14-11-5-1-2-6-12(11)16-8-13(14)19(22)23/h1-2,5-6,8,10,17H,3-4,7,9H2,(H,20,21)/t10-/m0/s1. The molecule has 1 atom stereocenters. The van der Waals surface area contributed by atoms with Crippen molar-refractivity contribution < 1.29 is 14.8 Å². The highest BCUT2D eigenvalue weighted by Gasteiger charge is 2.28. The largest absolute Gasteiger partial charge is 0.465 e. The molecule has 0 saturated carbocycles. The van der Waals surface area contributed by atoms with Crippen LogP contribution in [0.25, 0.3) is 10.9 Å². The van der Waals surface area contributed by atoms with Gasteiger partial charge in [-0.25, -0.2) is 9.78 Å². The van der Waals surface area contributed by atoms with E-state index in [2.05, 4.69) is 10.3 Å². The van der Waals surface area contributed by atoms with Gasteiger partial charge in [0, 0.05) is 24.5 Å². The molecule has 2 aromatic rings. The van der Waals surface area contributed by atoms with Crippen molar-refractivity contribution in [2.75, 3.05) is 18.0 Å². The number of hydrogen-bond donors (Lipinski definition) is 2. The summed E-state index contributed by atoms with van der Waals surface area (Å²) < 4.78 is 0. The van der Waals surface area contributed by atoms with E-state index < -0.39 is 11.0 Å². The number of nitrogens with one attached hydrogen (secondary N) is 1. The maximum atomic E-state index is 11.4. The van der Waals surface area contributed by atoms with Gasteiger partial charge in [0.05, 0.1) is 10.4 Å². The van der Waals surface area contributed by atoms with E-state index in [9.17, 15) is 14.9 Å². The fourth-order valence-electron chi connectivity index (χ4n) is 3.05. The predicted octanol–water partition coefficient (Wildman–Crippen LogP) is 2.38. The van der Waals surface area contributed by atoms with Crippen molar-refractivity contribution in [3.8, 4) is 0 Å². The molecule has 0 spiro atoms. The summed E-state index contributed by atoms with van der Waals surface area (Å²) >= 11 is 0. The van der Waals surface area contributed by atoms with E-state index in [4.69, 9.17) is 5.11 Å². The fraction of sp³-hybridized carbons (Fsp3) is 0.333. The van der Waals surface area contributed by atoms with Gasteiger partial charge in [0.15, 0.2) is 0 Å². The van der Waals surface area contributed by atoms with Gasteiger partial charge in [-0.15, -0.1) is 0 Å². The molecule has 0 radical (unpaired) electrons. The lowest BCUT2D eigenvalue weighted by molar-refractivity contribution is -0.384. The summed E-state index contributed by atoms with van der Waals surface area (Å²) in [6.07, 6.45) is 1.68. The lowest BCUT2D eigenvalue weighted by Crippen LogP contribution is -2.47. The van der Waals surface area contributed by atoms with Gasteiger partial charge in [-0.05, 0) is 18.9 Å². The SMILES string of the molecule is O=C(O)N[C@H]1CCCN(c2c([N+](=O)[O-])cnc3ccccc23)C1. The molecular formula is C15H16N4O4. The average molecular weight is 316 g/mol. The topological polar surface area (TPSA) is 109 Å². The first-order valence-corrected chi connectivity index (χ1v) is 7.33. The molecule has 0 aliphatic carbocycles. The zero-order chi connectivity index (χ0) is 16.4. The van der Waals surface area contributed by atoms with Gasteiger partial charge in [0.1, 0.15) is 11.9 Å². The van der Waals surface area contributed by atoms with Crippen LogP contribution < -0.4 is 10.2 Å². The maximum Gasteiger partial charge on any atom is 0.404 e. The van der Waals surface area contributed by atoms with Gasteiger partial charge in [-0.3, -0.25) is 10.1 Å². The van der Waals surface area contributed by atoms with Crippen molar-refractivity contribution in [3.05, 3.63) is 40.6 Å². The number of anilines is 1. The van der Waals surface area contributed by atoms with Gasteiger partial charge in [0.2, 0.25) is 0 Å². The highest BCUT2D eigenvalue weighted by atomic mass is 16.6. The molecule has 0 unspecified atom stereocenters. The number of rotatable bonds is 3. The van der Waals surface area contributed by atoms with Crippen LogP contribution >= 0.6 is 0 Å². The number of para-hydroxylation sites is 1. The second-order valence-electron chi connectivity index (χ2n) is 5.50. The highest BCUT2D eigenvalue weighted by molar-refractivity contribution is 5.96. The highest BCUT2D eigenvalue weighted by Crippen LogP contribution is 2.36. The molecule has 3 rings (SSSR count). The van der Waals surface area contributed by atoms with Crippen molar-refractivity contribution in [1.29, 1.82) is 0 Å². The van der Waals surface area contributed by atoms with Crippen molar-refractivity contribution in [1.82, 2.24) is 10.3 Å². The summed E-state index contributed by atoms with van der Waals surface area (Å²) in [6.45, 7) is 1.05. The molecule has 1 fully saturated rings. The molecule has 1 aliphatic heterocycles. The number of aromatic nitrogens is 1. The third-order valence-corrected chi connectivity index (χ3v) is 3.99. The van der Waals surface area contributed by atoms with Crippen molar-refractivity contribution in [3.63, 3.8) is 0 Å². The Hall–Kier alpha value is -2.90. The molecule has 1 aromatic heterocycles. The smallest absolute Gasteiger partial charge is 0.404 e. The fourth-order valence-corrected chi connectivity index (χ4v) is 3.05. The van der Waals surface area contributed by atoms with E-state index in [0.29, 0.717) is 29.7 Å². The first-order valence-electron chi connectivity index (χ1n) is 7.33. The van der Waals surface area contributed by atoms with E-state index in [-0.39, 0.29) is 11.7 Å². The van der Waals surface area contributed by atoms with Crippen LogP contribution in [0, 0.1) is 10.1 Å². The Balaban J connectivity index is 2.04. The van der Waals surface area contributed by atoms with Crippen LogP contribution in [0.3, 0.4) is 0 Å². The minimum absolute atomic E-state index is 0.0559. The van der Waals surface area contributed by atoms with Crippen LogP contribution in [0.1, 0.15) is 12.8 Å². The maximum absolute atomic E-state index is 11.4. The Bertz CT molecular complexity index is 764. The van der Waals surface area contributed by atoms with Crippen molar-refractivity contribution in [2.45, 2.75) is 18.9 Å². The van der Waals surface area contributed by atoms with Crippen LogP contribution in [0.15, 0.2) is 30.5 Å². The minimum Gasteiger partial charge on any atom is -0.465 e. The van der Waals surface area contributed by atoms with Gasteiger partial charge in [-0.1, -0.05) is 18.2 Å². The van der Waals surface area contributed by atoms with Crippen LogP contribution in [0.5, 0.6) is 0 Å². The molecule has 8 nitrogen and oxygen atoms in total. The van der Waals surface area contributed by atoms with E-state index in [0.717, 1.165) is 12.8 Å². The van der Waals surface area contributed by atoms with Crippen LogP contribution in [-0.2, 0) is 0 Å². The number of carbonyl (C=O) groups is 1. The molecule has 1 saturated heterocycles. The molecule has 120 valence electrons. The van der Waals surface area contributed by atoms with E-state index in [1.165, 1.54) is 6.20 Å². The van der Waals surface area contributed by atoms with Crippen LogP contribution in [0.4, 0.5) is 16.2 Å². The molecule has 8 heteroatoms. The van der Waals surface area contributed by atoms with Gasteiger partial charge >= 0.3 is 11.8 Å². The summed E-state index contributed by atoms with van der Waals surface area (Å²) in [5.41, 5.74) is 1.14. The van der Waals surface area contributed by atoms with Gasteiger partial charge in [0.25, 0.3) is 0 Å². The zero-order valence-corrected chi connectivity index (χ0v) is 12.3. The summed E-state index contributed by atoms with van der Waals surface area (Å²) in [7, 11) is 0. The molecule has 1 amide bonds. The van der Waals surface area contributed by atoms with Gasteiger partial charge in [-0.2, -0.15) is 0 Å². The number of pyridine rings is 1. The number of nitrogens with zero attached hydrogens (tertiary/aromatic N) is 3.